The summed E-state index contributed by atoms with van der Waals surface area (Å²) in [7, 11) is 0. The molecule has 0 aliphatic heterocycles. The van der Waals surface area contributed by atoms with Gasteiger partial charge in [-0.1, -0.05) is 31.5 Å². The summed E-state index contributed by atoms with van der Waals surface area (Å²) < 4.78 is 9.97. The van der Waals surface area contributed by atoms with Gasteiger partial charge in [-0.3, -0.25) is 0 Å². The van der Waals surface area contributed by atoms with Crippen molar-refractivity contribution in [2.45, 2.75) is 67.9 Å². The standard InChI is InChI=1S/C24H31N5O/c1-8-10-28-24-21(23(27-28)30-11-9-2)17(6)25-22-20(18(7)26-29(22)24)19-15(4)12-14(3)13-16(19)5/h12-13H,8-11H2,1-7H3. The molecule has 1 aromatic carbocycles. The average Bonchev–Trinajstić information content (AvgIpc) is 3.19. The van der Waals surface area contributed by atoms with Gasteiger partial charge in [-0.05, 0) is 64.2 Å². The fraction of sp³-hybridized carbons (Fsp3) is 0.458. The average molecular weight is 406 g/mol. The van der Waals surface area contributed by atoms with Crippen LogP contribution in [0.5, 0.6) is 5.88 Å². The maximum absolute atomic E-state index is 5.99. The zero-order valence-electron chi connectivity index (χ0n) is 19.1. The second-order valence-corrected chi connectivity index (χ2v) is 8.24. The van der Waals surface area contributed by atoms with Crippen molar-refractivity contribution in [1.82, 2.24) is 24.4 Å². The van der Waals surface area contributed by atoms with Crippen LogP contribution in [0.15, 0.2) is 12.1 Å². The number of ether oxygens (including phenoxy) is 1. The van der Waals surface area contributed by atoms with Gasteiger partial charge in [0.1, 0.15) is 5.39 Å². The molecule has 0 saturated carbocycles. The summed E-state index contributed by atoms with van der Waals surface area (Å²) in [6, 6.07) is 4.46. The predicted molar refractivity (Wildman–Crippen MR) is 121 cm³/mol. The van der Waals surface area contributed by atoms with Crippen LogP contribution in [0.4, 0.5) is 0 Å². The van der Waals surface area contributed by atoms with E-state index >= 15 is 0 Å². The third kappa shape index (κ3) is 3.15. The molecule has 0 aliphatic rings. The molecule has 0 radical (unpaired) electrons. The number of aromatic nitrogens is 5. The van der Waals surface area contributed by atoms with Crippen LogP contribution < -0.4 is 4.74 Å². The zero-order chi connectivity index (χ0) is 21.6. The highest BCUT2D eigenvalue weighted by atomic mass is 16.5. The van der Waals surface area contributed by atoms with Crippen molar-refractivity contribution in [1.29, 1.82) is 0 Å². The number of nitrogens with zero attached hydrogens (tertiary/aromatic N) is 5. The van der Waals surface area contributed by atoms with Gasteiger partial charge in [-0.15, -0.1) is 5.10 Å². The van der Waals surface area contributed by atoms with Crippen LogP contribution in [0.3, 0.4) is 0 Å². The van der Waals surface area contributed by atoms with Gasteiger partial charge in [0.15, 0.2) is 11.3 Å². The molecule has 0 bridgehead atoms. The third-order valence-corrected chi connectivity index (χ3v) is 5.57. The van der Waals surface area contributed by atoms with Gasteiger partial charge in [0.2, 0.25) is 5.88 Å². The first-order chi connectivity index (χ1) is 14.4. The third-order valence-electron chi connectivity index (χ3n) is 5.57. The number of hydrogen-bond donors (Lipinski definition) is 0. The van der Waals surface area contributed by atoms with Gasteiger partial charge < -0.3 is 4.74 Å². The lowest BCUT2D eigenvalue weighted by molar-refractivity contribution is 0.303. The van der Waals surface area contributed by atoms with Crippen LogP contribution in [0.25, 0.3) is 27.8 Å². The van der Waals surface area contributed by atoms with Crippen molar-refractivity contribution >= 4 is 16.7 Å². The fourth-order valence-corrected chi connectivity index (χ4v) is 4.48. The van der Waals surface area contributed by atoms with E-state index in [1.54, 1.807) is 0 Å². The molecule has 0 saturated heterocycles. The first-order valence-electron chi connectivity index (χ1n) is 10.8. The minimum Gasteiger partial charge on any atom is -0.476 e. The van der Waals surface area contributed by atoms with Crippen LogP contribution in [0, 0.1) is 34.6 Å². The minimum atomic E-state index is 0.640. The quantitative estimate of drug-likeness (QED) is 0.426. The largest absolute Gasteiger partial charge is 0.476 e. The van der Waals surface area contributed by atoms with Gasteiger partial charge in [-0.2, -0.15) is 9.61 Å². The molecule has 0 aliphatic carbocycles. The Morgan fingerprint density at radius 3 is 2.20 bits per heavy atom. The molecule has 158 valence electrons. The molecule has 0 fully saturated rings. The van der Waals surface area contributed by atoms with Gasteiger partial charge in [0, 0.05) is 6.54 Å². The van der Waals surface area contributed by atoms with E-state index in [1.165, 1.54) is 22.3 Å². The fourth-order valence-electron chi connectivity index (χ4n) is 4.48. The van der Waals surface area contributed by atoms with E-state index in [0.717, 1.165) is 53.0 Å². The smallest absolute Gasteiger partial charge is 0.244 e. The topological polar surface area (TPSA) is 57.2 Å². The zero-order valence-corrected chi connectivity index (χ0v) is 19.1. The summed E-state index contributed by atoms with van der Waals surface area (Å²) in [6.45, 7) is 16.3. The molecule has 6 heteroatoms. The minimum absolute atomic E-state index is 0.640. The van der Waals surface area contributed by atoms with E-state index in [4.69, 9.17) is 19.9 Å². The first-order valence-corrected chi connectivity index (χ1v) is 10.8. The Bertz CT molecular complexity index is 1230. The number of benzene rings is 1. The second-order valence-electron chi connectivity index (χ2n) is 8.24. The van der Waals surface area contributed by atoms with Crippen molar-refractivity contribution in [3.8, 4) is 17.0 Å². The molecule has 30 heavy (non-hydrogen) atoms. The lowest BCUT2D eigenvalue weighted by Crippen LogP contribution is -2.05. The van der Waals surface area contributed by atoms with E-state index in [1.807, 2.05) is 16.1 Å². The summed E-state index contributed by atoms with van der Waals surface area (Å²) in [5, 5.41) is 10.7. The molecule has 0 amide bonds. The lowest BCUT2D eigenvalue weighted by Gasteiger charge is -2.11. The number of rotatable bonds is 6. The molecular weight excluding hydrogens is 374 g/mol. The molecule has 3 aromatic heterocycles. The van der Waals surface area contributed by atoms with Crippen molar-refractivity contribution in [3.63, 3.8) is 0 Å². The van der Waals surface area contributed by atoms with E-state index < -0.39 is 0 Å². The maximum Gasteiger partial charge on any atom is 0.244 e. The molecule has 0 spiro atoms. The number of aryl methyl sites for hydroxylation is 6. The van der Waals surface area contributed by atoms with Gasteiger partial charge >= 0.3 is 0 Å². The molecular formula is C24H31N5O. The Morgan fingerprint density at radius 2 is 1.57 bits per heavy atom. The highest BCUT2D eigenvalue weighted by Gasteiger charge is 2.24. The van der Waals surface area contributed by atoms with E-state index in [9.17, 15) is 0 Å². The number of fused-ring (bicyclic) bond motifs is 3. The monoisotopic (exact) mass is 405 g/mol. The predicted octanol–water partition coefficient (Wildman–Crippen LogP) is 5.49. The Balaban J connectivity index is 2.08. The van der Waals surface area contributed by atoms with E-state index in [0.29, 0.717) is 12.5 Å². The summed E-state index contributed by atoms with van der Waals surface area (Å²) in [6.07, 6.45) is 1.92. The number of hydrogen-bond acceptors (Lipinski definition) is 4. The van der Waals surface area contributed by atoms with Crippen LogP contribution in [0.2, 0.25) is 0 Å². The van der Waals surface area contributed by atoms with E-state index in [2.05, 4.69) is 53.7 Å². The Labute approximate surface area is 177 Å². The molecule has 0 atom stereocenters. The highest BCUT2D eigenvalue weighted by molar-refractivity contribution is 5.91. The van der Waals surface area contributed by atoms with Gasteiger partial charge in [0.05, 0.1) is 23.6 Å². The first kappa shape index (κ1) is 20.4. The summed E-state index contributed by atoms with van der Waals surface area (Å²) in [4.78, 5) is 5.01. The normalized spacial score (nSPS) is 11.7. The van der Waals surface area contributed by atoms with Crippen molar-refractivity contribution in [2.24, 2.45) is 0 Å². The summed E-state index contributed by atoms with van der Waals surface area (Å²) in [5.41, 5.74) is 9.85. The van der Waals surface area contributed by atoms with Crippen molar-refractivity contribution in [3.05, 3.63) is 40.2 Å². The van der Waals surface area contributed by atoms with Gasteiger partial charge in [-0.25, -0.2) is 9.67 Å². The van der Waals surface area contributed by atoms with E-state index in [-0.39, 0.29) is 0 Å². The highest BCUT2D eigenvalue weighted by Crippen LogP contribution is 2.36. The van der Waals surface area contributed by atoms with Crippen LogP contribution in [-0.4, -0.2) is 31.0 Å². The van der Waals surface area contributed by atoms with Crippen molar-refractivity contribution < 1.29 is 4.74 Å². The molecule has 0 N–H and O–H groups in total. The van der Waals surface area contributed by atoms with Gasteiger partial charge in [0.25, 0.3) is 0 Å². The summed E-state index contributed by atoms with van der Waals surface area (Å²) in [5.74, 6) is 0.657. The Morgan fingerprint density at radius 1 is 0.867 bits per heavy atom. The molecule has 4 aromatic rings. The van der Waals surface area contributed by atoms with Crippen LogP contribution in [-0.2, 0) is 6.54 Å². The van der Waals surface area contributed by atoms with Crippen LogP contribution >= 0.6 is 0 Å². The molecule has 4 rings (SSSR count). The molecule has 6 nitrogen and oxygen atoms in total. The Hall–Kier alpha value is -2.89. The van der Waals surface area contributed by atoms with Crippen molar-refractivity contribution in [2.75, 3.05) is 6.61 Å². The second kappa shape index (κ2) is 7.74. The molecule has 3 heterocycles. The lowest BCUT2D eigenvalue weighted by atomic mass is 9.94. The SMILES string of the molecule is CCCOc1nn(CCC)c2c1c(C)nc1c(-c3c(C)cc(C)cc3C)c(C)nn12. The van der Waals surface area contributed by atoms with Crippen LogP contribution in [0.1, 0.15) is 54.8 Å². The molecule has 0 unspecified atom stereocenters. The maximum atomic E-state index is 5.99. The Kier molecular flexibility index (Phi) is 5.26. The summed E-state index contributed by atoms with van der Waals surface area (Å²) >= 11 is 0.